The highest BCUT2D eigenvalue weighted by molar-refractivity contribution is 4.67. The molecule has 2 heteroatoms. The molecular weight excluding hydrogens is 140 g/mol. The van der Waals surface area contributed by atoms with E-state index in [1.807, 2.05) is 0 Å². The summed E-state index contributed by atoms with van der Waals surface area (Å²) in [6, 6.07) is 0. The maximum Gasteiger partial charge on any atom is 0.0578 e. The van der Waals surface area contributed by atoms with Crippen LogP contribution in [0.1, 0.15) is 39.5 Å². The largest absolute Gasteiger partial charge is 0.400 e. The molecule has 1 N–H and O–H groups in total. The fourth-order valence-electron chi connectivity index (χ4n) is 1.41. The molecule has 0 bridgehead atoms. The summed E-state index contributed by atoms with van der Waals surface area (Å²) in [6.45, 7) is 4.22. The molecule has 0 aromatic rings. The molecule has 0 unspecified atom stereocenters. The molecule has 0 saturated heterocycles. The van der Waals surface area contributed by atoms with E-state index in [-0.39, 0.29) is 0 Å². The van der Waals surface area contributed by atoms with E-state index >= 15 is 0 Å². The van der Waals surface area contributed by atoms with E-state index in [0.717, 1.165) is 7.11 Å². The van der Waals surface area contributed by atoms with Gasteiger partial charge in [0.1, 0.15) is 0 Å². The van der Waals surface area contributed by atoms with Crippen LogP contribution in [0.5, 0.6) is 0 Å². The van der Waals surface area contributed by atoms with Gasteiger partial charge in [-0.2, -0.15) is 0 Å². The Morgan fingerprint density at radius 3 is 2.00 bits per heavy atom. The van der Waals surface area contributed by atoms with Crippen molar-refractivity contribution >= 4 is 0 Å². The Kier molecular flexibility index (Phi) is 6.57. The zero-order valence-electron chi connectivity index (χ0n) is 7.84. The third kappa shape index (κ3) is 5.22. The van der Waals surface area contributed by atoms with Gasteiger partial charge in [-0.3, -0.25) is 0 Å². The number of hydrogen-bond donors (Lipinski definition) is 1. The summed E-state index contributed by atoms with van der Waals surface area (Å²) in [5.74, 6) is 0. The monoisotopic (exact) mass is 160 g/mol. The third-order valence-corrected chi connectivity index (χ3v) is 1.77. The van der Waals surface area contributed by atoms with Gasteiger partial charge in [0.25, 0.3) is 0 Å². The van der Waals surface area contributed by atoms with Gasteiger partial charge in [-0.1, -0.05) is 12.8 Å². The second kappa shape index (κ2) is 6.62. The van der Waals surface area contributed by atoms with Gasteiger partial charge < -0.3 is 9.84 Å². The van der Waals surface area contributed by atoms with Crippen molar-refractivity contribution < 1.29 is 9.84 Å². The van der Waals surface area contributed by atoms with E-state index in [9.17, 15) is 0 Å². The molecule has 68 valence electrons. The summed E-state index contributed by atoms with van der Waals surface area (Å²) in [7, 11) is 1.00. The second-order valence-electron chi connectivity index (χ2n) is 3.09. The van der Waals surface area contributed by atoms with Crippen LogP contribution in [0, 0.1) is 0 Å². The van der Waals surface area contributed by atoms with Crippen molar-refractivity contribution in [2.75, 3.05) is 7.11 Å². The van der Waals surface area contributed by atoms with E-state index in [0.29, 0.717) is 12.2 Å². The third-order valence-electron chi connectivity index (χ3n) is 1.77. The molecule has 0 aromatic carbocycles. The lowest BCUT2D eigenvalue weighted by molar-refractivity contribution is 0.0126. The number of ether oxygens (including phenoxy) is 1. The highest BCUT2D eigenvalue weighted by Crippen LogP contribution is 2.21. The van der Waals surface area contributed by atoms with Gasteiger partial charge in [-0.15, -0.1) is 0 Å². The molecule has 0 radical (unpaired) electrons. The van der Waals surface area contributed by atoms with Crippen LogP contribution < -0.4 is 0 Å². The Labute approximate surface area is 69.6 Å². The van der Waals surface area contributed by atoms with Crippen LogP contribution in [-0.4, -0.2) is 24.4 Å². The van der Waals surface area contributed by atoms with E-state index in [1.165, 1.54) is 25.7 Å². The predicted molar refractivity (Wildman–Crippen MR) is 46.6 cm³/mol. The summed E-state index contributed by atoms with van der Waals surface area (Å²) >= 11 is 0. The SMILES string of the molecule is CC(C)OC1CCCC1.CO. The molecule has 1 aliphatic carbocycles. The first-order chi connectivity index (χ1) is 5.29. The maximum atomic E-state index is 7.00. The molecule has 1 fully saturated rings. The van der Waals surface area contributed by atoms with Gasteiger partial charge in [0.05, 0.1) is 12.2 Å². The summed E-state index contributed by atoms with van der Waals surface area (Å²) < 4.78 is 5.61. The van der Waals surface area contributed by atoms with E-state index < -0.39 is 0 Å². The van der Waals surface area contributed by atoms with Gasteiger partial charge >= 0.3 is 0 Å². The quantitative estimate of drug-likeness (QED) is 0.669. The van der Waals surface area contributed by atoms with E-state index in [2.05, 4.69) is 13.8 Å². The lowest BCUT2D eigenvalue weighted by Crippen LogP contribution is -2.13. The minimum atomic E-state index is 0.424. The average molecular weight is 160 g/mol. The Bertz CT molecular complexity index is 75.6. The Balaban J connectivity index is 0.000000461. The van der Waals surface area contributed by atoms with Gasteiger partial charge in [0, 0.05) is 7.11 Å². The normalized spacial score (nSPS) is 18.3. The molecule has 1 saturated carbocycles. The molecule has 0 heterocycles. The number of rotatable bonds is 2. The van der Waals surface area contributed by atoms with Gasteiger partial charge in [0.15, 0.2) is 0 Å². The molecule has 11 heavy (non-hydrogen) atoms. The highest BCUT2D eigenvalue weighted by atomic mass is 16.5. The van der Waals surface area contributed by atoms with Crippen LogP contribution in [0.15, 0.2) is 0 Å². The highest BCUT2D eigenvalue weighted by Gasteiger charge is 2.15. The van der Waals surface area contributed by atoms with Crippen LogP contribution in [0.3, 0.4) is 0 Å². The van der Waals surface area contributed by atoms with Crippen molar-refractivity contribution in [2.45, 2.75) is 51.7 Å². The predicted octanol–water partition coefficient (Wildman–Crippen LogP) is 1.96. The summed E-state index contributed by atoms with van der Waals surface area (Å²) in [4.78, 5) is 0. The van der Waals surface area contributed by atoms with E-state index in [4.69, 9.17) is 9.84 Å². The van der Waals surface area contributed by atoms with Crippen molar-refractivity contribution in [3.05, 3.63) is 0 Å². The van der Waals surface area contributed by atoms with Crippen molar-refractivity contribution in [3.8, 4) is 0 Å². The first kappa shape index (κ1) is 10.9. The summed E-state index contributed by atoms with van der Waals surface area (Å²) in [5.41, 5.74) is 0. The number of hydrogen-bond acceptors (Lipinski definition) is 2. The molecule has 2 nitrogen and oxygen atoms in total. The molecule has 0 aromatic heterocycles. The number of aliphatic hydroxyl groups excluding tert-OH is 1. The van der Waals surface area contributed by atoms with Crippen molar-refractivity contribution in [2.24, 2.45) is 0 Å². The van der Waals surface area contributed by atoms with Crippen LogP contribution >= 0.6 is 0 Å². The fraction of sp³-hybridized carbons (Fsp3) is 1.00. The Morgan fingerprint density at radius 2 is 1.64 bits per heavy atom. The Hall–Kier alpha value is -0.0800. The molecule has 0 aliphatic heterocycles. The van der Waals surface area contributed by atoms with Gasteiger partial charge in [-0.05, 0) is 26.7 Å². The second-order valence-corrected chi connectivity index (χ2v) is 3.09. The molecule has 1 aliphatic rings. The topological polar surface area (TPSA) is 29.5 Å². The van der Waals surface area contributed by atoms with Crippen LogP contribution in [0.25, 0.3) is 0 Å². The first-order valence-electron chi connectivity index (χ1n) is 4.39. The molecule has 0 amide bonds. The maximum absolute atomic E-state index is 7.00. The molecule has 1 rings (SSSR count). The summed E-state index contributed by atoms with van der Waals surface area (Å²) in [6.07, 6.45) is 6.34. The standard InChI is InChI=1S/C8H16O.CH4O/c1-7(2)9-8-5-3-4-6-8;1-2/h7-8H,3-6H2,1-2H3;2H,1H3. The Morgan fingerprint density at radius 1 is 1.18 bits per heavy atom. The number of aliphatic hydroxyl groups is 1. The minimum Gasteiger partial charge on any atom is -0.400 e. The zero-order valence-corrected chi connectivity index (χ0v) is 7.84. The van der Waals surface area contributed by atoms with Crippen LogP contribution in [-0.2, 0) is 4.74 Å². The molecule has 0 atom stereocenters. The minimum absolute atomic E-state index is 0.424. The zero-order chi connectivity index (χ0) is 8.69. The van der Waals surface area contributed by atoms with E-state index in [1.54, 1.807) is 0 Å². The average Bonchev–Trinajstić information content (AvgIpc) is 2.43. The molecular formula is C9H20O2. The summed E-state index contributed by atoms with van der Waals surface area (Å²) in [5, 5.41) is 7.00. The van der Waals surface area contributed by atoms with Crippen molar-refractivity contribution in [1.82, 2.24) is 0 Å². The lowest BCUT2D eigenvalue weighted by Gasteiger charge is -2.13. The van der Waals surface area contributed by atoms with Gasteiger partial charge in [-0.25, -0.2) is 0 Å². The van der Waals surface area contributed by atoms with Crippen LogP contribution in [0.4, 0.5) is 0 Å². The smallest absolute Gasteiger partial charge is 0.0578 e. The fourth-order valence-corrected chi connectivity index (χ4v) is 1.41. The lowest BCUT2D eigenvalue weighted by atomic mass is 10.3. The van der Waals surface area contributed by atoms with Crippen molar-refractivity contribution in [1.29, 1.82) is 0 Å². The molecule has 0 spiro atoms. The first-order valence-corrected chi connectivity index (χ1v) is 4.39. The van der Waals surface area contributed by atoms with Crippen LogP contribution in [0.2, 0.25) is 0 Å². The van der Waals surface area contributed by atoms with Crippen molar-refractivity contribution in [3.63, 3.8) is 0 Å². The van der Waals surface area contributed by atoms with Gasteiger partial charge in [0.2, 0.25) is 0 Å².